The van der Waals surface area contributed by atoms with E-state index < -0.39 is 12.7 Å². The first-order valence-corrected chi connectivity index (χ1v) is 3.61. The molecule has 0 saturated carbocycles. The molecule has 0 aliphatic rings. The average Bonchev–Trinajstić information content (AvgIpc) is 1.83. The number of terminal acetylenes is 1. The van der Waals surface area contributed by atoms with Crippen molar-refractivity contribution in [2.75, 3.05) is 13.1 Å². The monoisotopic (exact) mass is 179 g/mol. The highest BCUT2D eigenvalue weighted by Gasteiger charge is 2.31. The number of rotatable bonds is 3. The Hall–Kier alpha value is -0.690. The molecule has 0 radical (unpaired) electrons. The Morgan fingerprint density at radius 1 is 1.42 bits per heavy atom. The lowest BCUT2D eigenvalue weighted by atomic mass is 10.3. The van der Waals surface area contributed by atoms with Gasteiger partial charge in [-0.1, -0.05) is 5.92 Å². The highest BCUT2D eigenvalue weighted by Crippen LogP contribution is 2.17. The Morgan fingerprint density at radius 3 is 2.17 bits per heavy atom. The molecule has 0 aromatic rings. The SMILES string of the molecule is C#CCN(CC(F)(F)F)C(C)C. The smallest absolute Gasteiger partial charge is 0.281 e. The summed E-state index contributed by atoms with van der Waals surface area (Å²) in [6, 6.07) is -0.178. The summed E-state index contributed by atoms with van der Waals surface area (Å²) in [4.78, 5) is 1.19. The highest BCUT2D eigenvalue weighted by atomic mass is 19.4. The van der Waals surface area contributed by atoms with Crippen molar-refractivity contribution in [3.63, 3.8) is 0 Å². The zero-order chi connectivity index (χ0) is 9.78. The number of hydrogen-bond acceptors (Lipinski definition) is 1. The second-order valence-corrected chi connectivity index (χ2v) is 2.82. The van der Waals surface area contributed by atoms with Crippen LogP contribution >= 0.6 is 0 Å². The molecule has 0 heterocycles. The van der Waals surface area contributed by atoms with Gasteiger partial charge in [0, 0.05) is 6.04 Å². The summed E-state index contributed by atoms with van der Waals surface area (Å²) in [5.74, 6) is 2.20. The normalized spacial score (nSPS) is 12.2. The van der Waals surface area contributed by atoms with Gasteiger partial charge in [0.05, 0.1) is 13.1 Å². The third-order valence-electron chi connectivity index (χ3n) is 1.41. The third-order valence-corrected chi connectivity index (χ3v) is 1.41. The highest BCUT2D eigenvalue weighted by molar-refractivity contribution is 4.89. The zero-order valence-electron chi connectivity index (χ0n) is 7.15. The molecule has 0 aromatic carbocycles. The minimum atomic E-state index is -4.17. The third kappa shape index (κ3) is 5.03. The van der Waals surface area contributed by atoms with Gasteiger partial charge in [0.2, 0.25) is 0 Å². The summed E-state index contributed by atoms with van der Waals surface area (Å²) in [7, 11) is 0. The molecule has 70 valence electrons. The second-order valence-electron chi connectivity index (χ2n) is 2.82. The van der Waals surface area contributed by atoms with Crippen molar-refractivity contribution in [1.29, 1.82) is 0 Å². The lowest BCUT2D eigenvalue weighted by Gasteiger charge is -2.24. The largest absolute Gasteiger partial charge is 0.401 e. The summed E-state index contributed by atoms with van der Waals surface area (Å²) in [5.41, 5.74) is 0. The second kappa shape index (κ2) is 4.36. The van der Waals surface area contributed by atoms with E-state index in [0.717, 1.165) is 0 Å². The maximum Gasteiger partial charge on any atom is 0.401 e. The van der Waals surface area contributed by atoms with Gasteiger partial charge in [0.25, 0.3) is 0 Å². The van der Waals surface area contributed by atoms with Gasteiger partial charge in [-0.2, -0.15) is 13.2 Å². The molecule has 0 amide bonds. The topological polar surface area (TPSA) is 3.24 Å². The van der Waals surface area contributed by atoms with Crippen LogP contribution in [0.2, 0.25) is 0 Å². The van der Waals surface area contributed by atoms with Crippen molar-refractivity contribution in [3.05, 3.63) is 0 Å². The van der Waals surface area contributed by atoms with E-state index in [2.05, 4.69) is 5.92 Å². The number of nitrogens with zero attached hydrogens (tertiary/aromatic N) is 1. The van der Waals surface area contributed by atoms with Crippen LogP contribution in [0.4, 0.5) is 13.2 Å². The molecule has 0 fully saturated rings. The predicted molar refractivity (Wildman–Crippen MR) is 41.6 cm³/mol. The fourth-order valence-corrected chi connectivity index (χ4v) is 0.769. The maximum atomic E-state index is 11.9. The van der Waals surface area contributed by atoms with Gasteiger partial charge in [-0.3, -0.25) is 4.90 Å². The van der Waals surface area contributed by atoms with Gasteiger partial charge in [-0.15, -0.1) is 6.42 Å². The van der Waals surface area contributed by atoms with E-state index in [1.54, 1.807) is 13.8 Å². The van der Waals surface area contributed by atoms with Crippen LogP contribution in [0.1, 0.15) is 13.8 Å². The van der Waals surface area contributed by atoms with Gasteiger partial charge >= 0.3 is 6.18 Å². The van der Waals surface area contributed by atoms with Crippen molar-refractivity contribution in [2.45, 2.75) is 26.1 Å². The minimum Gasteiger partial charge on any atom is -0.281 e. The van der Waals surface area contributed by atoms with Gasteiger partial charge < -0.3 is 0 Å². The van der Waals surface area contributed by atoms with E-state index in [9.17, 15) is 13.2 Å². The molecule has 4 heteroatoms. The van der Waals surface area contributed by atoms with Crippen LogP contribution in [0.25, 0.3) is 0 Å². The van der Waals surface area contributed by atoms with Crippen molar-refractivity contribution >= 4 is 0 Å². The summed E-state index contributed by atoms with van der Waals surface area (Å²) >= 11 is 0. The van der Waals surface area contributed by atoms with E-state index in [-0.39, 0.29) is 12.6 Å². The van der Waals surface area contributed by atoms with Crippen LogP contribution in [0, 0.1) is 12.3 Å². The van der Waals surface area contributed by atoms with Gasteiger partial charge in [0.1, 0.15) is 0 Å². The first-order valence-electron chi connectivity index (χ1n) is 3.61. The van der Waals surface area contributed by atoms with Crippen molar-refractivity contribution < 1.29 is 13.2 Å². The van der Waals surface area contributed by atoms with E-state index in [1.165, 1.54) is 4.90 Å². The standard InChI is InChI=1S/C8H12F3N/c1-4-5-12(7(2)3)6-8(9,10)11/h1,7H,5-6H2,2-3H3. The number of alkyl halides is 3. The molecule has 12 heavy (non-hydrogen) atoms. The van der Waals surface area contributed by atoms with E-state index in [0.29, 0.717) is 0 Å². The number of hydrogen-bond donors (Lipinski definition) is 0. The molecule has 0 rings (SSSR count). The summed E-state index contributed by atoms with van der Waals surface area (Å²) in [6.45, 7) is 2.47. The van der Waals surface area contributed by atoms with Gasteiger partial charge in [-0.05, 0) is 13.8 Å². The van der Waals surface area contributed by atoms with Crippen LogP contribution in [-0.2, 0) is 0 Å². The van der Waals surface area contributed by atoms with Crippen LogP contribution in [0.3, 0.4) is 0 Å². The predicted octanol–water partition coefficient (Wildman–Crippen LogP) is 1.89. The first-order chi connectivity index (χ1) is 5.37. The van der Waals surface area contributed by atoms with Crippen molar-refractivity contribution in [2.24, 2.45) is 0 Å². The molecule has 0 bridgehead atoms. The van der Waals surface area contributed by atoms with Crippen LogP contribution in [0.15, 0.2) is 0 Å². The maximum absolute atomic E-state index is 11.9. The Balaban J connectivity index is 4.07. The average molecular weight is 179 g/mol. The Labute approximate surface area is 70.5 Å². The molecule has 1 nitrogen and oxygen atoms in total. The molecule has 0 atom stereocenters. The van der Waals surface area contributed by atoms with Gasteiger partial charge in [-0.25, -0.2) is 0 Å². The Morgan fingerprint density at radius 2 is 1.92 bits per heavy atom. The summed E-state index contributed by atoms with van der Waals surface area (Å²) < 4.78 is 35.6. The summed E-state index contributed by atoms with van der Waals surface area (Å²) in [6.07, 6.45) is 0.761. The fourth-order valence-electron chi connectivity index (χ4n) is 0.769. The molecule has 0 aliphatic heterocycles. The first kappa shape index (κ1) is 11.3. The quantitative estimate of drug-likeness (QED) is 0.598. The Bertz CT molecular complexity index is 166. The molecule has 0 N–H and O–H groups in total. The number of halogens is 3. The fraction of sp³-hybridized carbons (Fsp3) is 0.750. The van der Waals surface area contributed by atoms with E-state index >= 15 is 0 Å². The summed E-state index contributed by atoms with van der Waals surface area (Å²) in [5, 5.41) is 0. The van der Waals surface area contributed by atoms with Gasteiger partial charge in [0.15, 0.2) is 0 Å². The molecular weight excluding hydrogens is 167 g/mol. The van der Waals surface area contributed by atoms with Crippen LogP contribution < -0.4 is 0 Å². The van der Waals surface area contributed by atoms with Crippen LogP contribution in [0.5, 0.6) is 0 Å². The van der Waals surface area contributed by atoms with E-state index in [1.807, 2.05) is 0 Å². The van der Waals surface area contributed by atoms with E-state index in [4.69, 9.17) is 6.42 Å². The lowest BCUT2D eigenvalue weighted by molar-refractivity contribution is -0.147. The van der Waals surface area contributed by atoms with Crippen molar-refractivity contribution in [1.82, 2.24) is 4.90 Å². The van der Waals surface area contributed by atoms with Crippen LogP contribution in [-0.4, -0.2) is 30.2 Å². The zero-order valence-corrected chi connectivity index (χ0v) is 7.15. The van der Waals surface area contributed by atoms with Crippen molar-refractivity contribution in [3.8, 4) is 12.3 Å². The molecular formula is C8H12F3N. The molecule has 0 unspecified atom stereocenters. The molecule has 0 aliphatic carbocycles. The molecule has 0 saturated heterocycles. The lowest BCUT2D eigenvalue weighted by Crippen LogP contribution is -2.39. The molecule has 0 spiro atoms. The Kier molecular flexibility index (Phi) is 4.11. The minimum absolute atomic E-state index is 0.0389. The molecule has 0 aromatic heterocycles.